The monoisotopic (exact) mass is 1200 g/mol. The van der Waals surface area contributed by atoms with Gasteiger partial charge < -0.3 is 62.6 Å². The van der Waals surface area contributed by atoms with Gasteiger partial charge in [0.05, 0.1) is 31.4 Å². The second kappa shape index (κ2) is 24.6. The van der Waals surface area contributed by atoms with E-state index in [9.17, 15) is 86.1 Å². The third kappa shape index (κ3) is 17.1. The van der Waals surface area contributed by atoms with Crippen LogP contribution in [-0.2, 0) is 62.7 Å². The van der Waals surface area contributed by atoms with E-state index in [1.165, 1.54) is 25.1 Å². The van der Waals surface area contributed by atoms with E-state index in [4.69, 9.17) is 9.15 Å². The minimum atomic E-state index is -6.98. The van der Waals surface area contributed by atoms with Gasteiger partial charge in [0.25, 0.3) is 52.5 Å². The van der Waals surface area contributed by atoms with Crippen molar-refractivity contribution in [3.8, 4) is 22.5 Å². The maximum absolute atomic E-state index is 13.2. The summed E-state index contributed by atoms with van der Waals surface area (Å²) >= 11 is 0. The average Bonchev–Trinajstić information content (AvgIpc) is 3.66. The van der Waals surface area contributed by atoms with E-state index in [2.05, 4.69) is 30.6 Å². The molecule has 3 aliphatic rings. The maximum Gasteiger partial charge on any atom is 0.330 e. The largest absolute Gasteiger partial charge is 0.756 e. The second-order valence-electron chi connectivity index (χ2n) is 17.2. The predicted octanol–water partition coefficient (Wildman–Crippen LogP) is 0.865. The van der Waals surface area contributed by atoms with Crippen LogP contribution in [0.1, 0.15) is 83.0 Å². The number of aromatic amines is 1. The Balaban J connectivity index is 0.928. The molecule has 3 aromatic rings. The first-order valence-electron chi connectivity index (χ1n) is 22.4. The second-order valence-corrected chi connectivity index (χ2v) is 26.3. The summed E-state index contributed by atoms with van der Waals surface area (Å²) in [5, 5.41) is 24.3. The molecule has 0 radical (unpaired) electrons. The number of ether oxygens (including phenoxy) is 1. The number of phosphoric acid groups is 6. The molecule has 1 aliphatic carbocycles. The first kappa shape index (κ1) is 61.9. The first-order valence-corrected chi connectivity index (χ1v) is 31.2. The van der Waals surface area contributed by atoms with Crippen molar-refractivity contribution in [2.45, 2.75) is 77.2 Å². The van der Waals surface area contributed by atoms with Crippen molar-refractivity contribution >= 4 is 69.7 Å². The number of aromatic nitrogens is 2. The number of carboxylic acids is 1. The van der Waals surface area contributed by atoms with Gasteiger partial charge in [0.1, 0.15) is 37.8 Å². The molecule has 9 atom stereocenters. The van der Waals surface area contributed by atoms with Crippen LogP contribution in [-0.4, -0.2) is 65.9 Å². The van der Waals surface area contributed by atoms with E-state index in [1.807, 2.05) is 67.0 Å². The number of rotatable bonds is 26. The summed E-state index contributed by atoms with van der Waals surface area (Å²) in [5.74, 6) is -1.41. The zero-order valence-corrected chi connectivity index (χ0v) is 45.9. The number of carbonyl (C=O) groups is 2. The number of hydrogen-bond donors (Lipinski definition) is 2. The van der Waals surface area contributed by atoms with Crippen LogP contribution in [0.5, 0.6) is 0 Å². The molecule has 7 unspecified atom stereocenters. The number of hydrogen-bond acceptors (Lipinski definition) is 27. The van der Waals surface area contributed by atoms with Crippen LogP contribution in [0.3, 0.4) is 0 Å². The number of nitrogens with one attached hydrogen (secondary N) is 1. The normalized spacial score (nSPS) is 20.6. The molecule has 77 heavy (non-hydrogen) atoms. The fraction of sp³-hybridized carbons (Fsp3) is 0.390. The Kier molecular flexibility index (Phi) is 19.8. The SMILES string of the molecule is Cc1ccc2c(-c3ccc(C(=O)CCCCCCCOP(=O)([O-])OP(=O)([O-])OP(=O)([O-])OP(=O)([O-])OP(=O)([O-])OP(=O)([O-])OC[C@H]4O[C@@H](n5cc(C)c(=O)[nH]c5=O)CC4O)cc3C(=O)[O-])c3ccc(=[N+](C)C)cc-3oc2c1. The highest BCUT2D eigenvalue weighted by atomic mass is 31.3. The van der Waals surface area contributed by atoms with Crippen LogP contribution in [0, 0.1) is 13.8 Å². The van der Waals surface area contributed by atoms with Gasteiger partial charge in [-0.3, -0.25) is 46.5 Å². The van der Waals surface area contributed by atoms with Crippen molar-refractivity contribution in [2.24, 2.45) is 0 Å². The highest BCUT2D eigenvalue weighted by molar-refractivity contribution is 7.71. The standard InChI is InChI=1S/C41H51N3O27P6/c1-24-11-14-29-34(18-24)65-35-20-27(43(3)4)13-16-30(35)38(29)28-15-12-26(19-31(28)40(48)49)32(45)10-8-6-5-7-9-17-63-72(51,52)67-74(55,56)69-76(59,60)71-77(61,62)70-75(57,58)68-73(53,54)64-23-36-33(46)21-37(66-36)44-22-25(2)39(47)42-41(44)50/h11-16,18-20,22,33,36-37,46H,5-10,17,21,23H2,1-4H3,(H7-,42,47,48,49,50,51,52,53,54,55,56,57,58,59,60,61,62)/p-6/t33?,36-,37-/m1/s1. The van der Waals surface area contributed by atoms with E-state index in [1.54, 1.807) is 0 Å². The number of ketones is 1. The fourth-order valence-electron chi connectivity index (χ4n) is 7.62. The van der Waals surface area contributed by atoms with Crippen LogP contribution in [0.15, 0.2) is 74.8 Å². The third-order valence-electron chi connectivity index (χ3n) is 11.1. The summed E-state index contributed by atoms with van der Waals surface area (Å²) in [4.78, 5) is 124. The summed E-state index contributed by atoms with van der Waals surface area (Å²) < 4.78 is 112. The van der Waals surface area contributed by atoms with Crippen molar-refractivity contribution in [1.82, 2.24) is 14.1 Å². The zero-order valence-electron chi connectivity index (χ0n) is 40.5. The van der Waals surface area contributed by atoms with Crippen molar-refractivity contribution in [3.05, 3.63) is 109 Å². The number of fused-ring (bicyclic) bond motifs is 2. The van der Waals surface area contributed by atoms with Gasteiger partial charge in [-0.05, 0) is 56.0 Å². The topological polar surface area (TPSA) is 463 Å². The van der Waals surface area contributed by atoms with Gasteiger partial charge in [-0.1, -0.05) is 43.5 Å². The summed E-state index contributed by atoms with van der Waals surface area (Å²) in [6, 6.07) is 15.3. The Hall–Kier alpha value is -4.27. The molecule has 422 valence electrons. The molecule has 6 rings (SSSR count). The van der Waals surface area contributed by atoms with E-state index in [0.717, 1.165) is 21.7 Å². The Morgan fingerprint density at radius 2 is 1.31 bits per heavy atom. The number of Topliss-reactive ketones (excluding diaryl/α,β-unsaturated/α-hetero) is 1. The average molecular weight is 1200 g/mol. The highest BCUT2D eigenvalue weighted by Crippen LogP contribution is 2.70. The quantitative estimate of drug-likeness (QED) is 0.0255. The molecule has 0 amide bonds. The van der Waals surface area contributed by atoms with E-state index in [-0.39, 0.29) is 41.7 Å². The lowest BCUT2D eigenvalue weighted by Gasteiger charge is -2.38. The summed E-state index contributed by atoms with van der Waals surface area (Å²) in [6.45, 7) is 1.20. The molecule has 30 nitrogen and oxygen atoms in total. The van der Waals surface area contributed by atoms with Crippen LogP contribution >= 0.6 is 46.9 Å². The third-order valence-corrected chi connectivity index (χ3v) is 20.0. The van der Waals surface area contributed by atoms with Crippen molar-refractivity contribution < 1.29 is 116 Å². The minimum Gasteiger partial charge on any atom is -0.756 e. The summed E-state index contributed by atoms with van der Waals surface area (Å²) in [7, 11) is -36.0. The number of aliphatic hydroxyl groups is 1. The molecule has 0 spiro atoms. The van der Waals surface area contributed by atoms with Gasteiger partial charge in [0.2, 0.25) is 5.36 Å². The Morgan fingerprint density at radius 1 is 0.740 bits per heavy atom. The molecule has 0 saturated carbocycles. The van der Waals surface area contributed by atoms with Gasteiger partial charge in [0.15, 0.2) is 5.78 Å². The number of H-pyrrole nitrogens is 1. The molecular formula is C41H45N3O27P6-6. The van der Waals surface area contributed by atoms with Gasteiger partial charge >= 0.3 is 5.69 Å². The molecule has 0 bridgehead atoms. The smallest absolute Gasteiger partial charge is 0.330 e. The minimum absolute atomic E-state index is 0.0193. The van der Waals surface area contributed by atoms with E-state index in [0.29, 0.717) is 52.7 Å². The molecule has 1 fully saturated rings. The molecule has 1 saturated heterocycles. The lowest BCUT2D eigenvalue weighted by molar-refractivity contribution is -0.258. The molecule has 1 aromatic heterocycles. The number of aryl methyl sites for hydroxylation is 2. The first-order chi connectivity index (χ1) is 35.6. The molecule has 2 aromatic carbocycles. The van der Waals surface area contributed by atoms with Crippen molar-refractivity contribution in [1.29, 1.82) is 0 Å². The Morgan fingerprint density at radius 3 is 1.92 bits per heavy atom. The molecular weight excluding hydrogens is 1150 g/mol. The lowest BCUT2D eigenvalue weighted by atomic mass is 9.89. The van der Waals surface area contributed by atoms with Gasteiger partial charge in [-0.15, -0.1) is 0 Å². The Bertz CT molecular complexity index is 3540. The summed E-state index contributed by atoms with van der Waals surface area (Å²) in [6.07, 6.45) is -2.70. The van der Waals surface area contributed by atoms with Crippen LogP contribution in [0.4, 0.5) is 0 Å². The van der Waals surface area contributed by atoms with Crippen LogP contribution in [0.2, 0.25) is 0 Å². The number of aliphatic hydroxyl groups excluding tert-OH is 1. The van der Waals surface area contributed by atoms with Crippen molar-refractivity contribution in [2.75, 3.05) is 27.3 Å². The van der Waals surface area contributed by atoms with Gasteiger partial charge in [0, 0.05) is 58.3 Å². The van der Waals surface area contributed by atoms with Gasteiger partial charge in [-0.2, -0.15) is 0 Å². The molecule has 36 heteroatoms. The number of aromatic carboxylic acids is 1. The van der Waals surface area contributed by atoms with Crippen molar-refractivity contribution in [3.63, 3.8) is 0 Å². The van der Waals surface area contributed by atoms with Crippen LogP contribution < -0.4 is 55.6 Å². The number of carboxylic acid groups (broad SMARTS) is 1. The molecule has 2 N–H and O–H groups in total. The van der Waals surface area contributed by atoms with Crippen LogP contribution in [0.25, 0.3) is 33.4 Å². The fourth-order valence-corrected chi connectivity index (χ4v) is 15.1. The number of phosphoric ester groups is 2. The number of nitrogens with zero attached hydrogens (tertiary/aromatic N) is 2. The highest BCUT2D eigenvalue weighted by Gasteiger charge is 2.38. The maximum atomic E-state index is 13.2. The zero-order chi connectivity index (χ0) is 57.1. The molecule has 2 aliphatic heterocycles. The lowest BCUT2D eigenvalue weighted by Crippen LogP contribution is -2.33. The summed E-state index contributed by atoms with van der Waals surface area (Å²) in [5.41, 5.74) is 1.11. The van der Waals surface area contributed by atoms with E-state index >= 15 is 0 Å². The predicted molar refractivity (Wildman–Crippen MR) is 250 cm³/mol. The Labute approximate surface area is 435 Å². The van der Waals surface area contributed by atoms with E-state index < -0.39 is 102 Å². The number of carbonyl (C=O) groups excluding carboxylic acids is 2. The molecule has 3 heterocycles. The number of benzene rings is 3. The number of unbranched alkanes of at least 4 members (excludes halogenated alkanes) is 4. The van der Waals surface area contributed by atoms with Gasteiger partial charge in [-0.25, -0.2) is 30.9 Å².